The first kappa shape index (κ1) is 16.0. The predicted molar refractivity (Wildman–Crippen MR) is 93.7 cm³/mol. The van der Waals surface area contributed by atoms with Gasteiger partial charge in [-0.25, -0.2) is 9.97 Å². The molecule has 2 aromatic rings. The van der Waals surface area contributed by atoms with Crippen LogP contribution in [0, 0.1) is 0 Å². The van der Waals surface area contributed by atoms with Crippen molar-refractivity contribution in [3.63, 3.8) is 0 Å². The van der Waals surface area contributed by atoms with E-state index < -0.39 is 0 Å². The molecule has 1 fully saturated rings. The van der Waals surface area contributed by atoms with Gasteiger partial charge in [0.25, 0.3) is 0 Å². The monoisotopic (exact) mass is 400 g/mol. The summed E-state index contributed by atoms with van der Waals surface area (Å²) in [5.41, 5.74) is 1.02. The number of benzene rings is 1. The van der Waals surface area contributed by atoms with Crippen LogP contribution in [0.2, 0.25) is 10.0 Å². The third kappa shape index (κ3) is 3.90. The molecule has 22 heavy (non-hydrogen) atoms. The van der Waals surface area contributed by atoms with Gasteiger partial charge in [0.15, 0.2) is 0 Å². The molecule has 1 N–H and O–H groups in total. The van der Waals surface area contributed by atoms with Gasteiger partial charge >= 0.3 is 0 Å². The van der Waals surface area contributed by atoms with Crippen LogP contribution in [0.25, 0.3) is 0 Å². The Bertz CT molecular complexity index is 650. The number of hydrogen-bond acceptors (Lipinski definition) is 4. The number of anilines is 1. The summed E-state index contributed by atoms with van der Waals surface area (Å²) >= 11 is 15.6. The SMILES string of the molecule is Clc1ccc(Cl)c(CNC2CCN(c3ncc(Br)cn3)C2)c1. The highest BCUT2D eigenvalue weighted by Gasteiger charge is 2.24. The predicted octanol–water partition coefficient (Wildman–Crippen LogP) is 3.91. The fourth-order valence-electron chi connectivity index (χ4n) is 2.51. The van der Waals surface area contributed by atoms with Gasteiger partial charge < -0.3 is 10.2 Å². The molecule has 1 aliphatic heterocycles. The number of rotatable bonds is 4. The molecule has 0 aliphatic carbocycles. The maximum Gasteiger partial charge on any atom is 0.225 e. The van der Waals surface area contributed by atoms with Crippen LogP contribution in [0.15, 0.2) is 35.1 Å². The van der Waals surface area contributed by atoms with Crippen molar-refractivity contribution in [3.8, 4) is 0 Å². The van der Waals surface area contributed by atoms with E-state index in [1.165, 1.54) is 0 Å². The molecule has 1 aromatic carbocycles. The lowest BCUT2D eigenvalue weighted by atomic mass is 10.2. The number of nitrogens with zero attached hydrogens (tertiary/aromatic N) is 3. The van der Waals surface area contributed by atoms with Crippen LogP contribution in [-0.2, 0) is 6.54 Å². The summed E-state index contributed by atoms with van der Waals surface area (Å²) in [6, 6.07) is 5.93. The molecule has 1 saturated heterocycles. The van der Waals surface area contributed by atoms with Crippen molar-refractivity contribution >= 4 is 45.1 Å². The molecule has 0 bridgehead atoms. The molecule has 7 heteroatoms. The Labute approximate surface area is 148 Å². The van der Waals surface area contributed by atoms with Gasteiger partial charge in [0.05, 0.1) is 4.47 Å². The van der Waals surface area contributed by atoms with E-state index >= 15 is 0 Å². The zero-order chi connectivity index (χ0) is 15.5. The van der Waals surface area contributed by atoms with Crippen LogP contribution in [-0.4, -0.2) is 29.1 Å². The molecule has 3 rings (SSSR count). The number of nitrogens with one attached hydrogen (secondary N) is 1. The van der Waals surface area contributed by atoms with Gasteiger partial charge in [-0.15, -0.1) is 0 Å². The van der Waals surface area contributed by atoms with Crippen molar-refractivity contribution in [1.29, 1.82) is 0 Å². The highest BCUT2D eigenvalue weighted by Crippen LogP contribution is 2.22. The summed E-state index contributed by atoms with van der Waals surface area (Å²) in [5.74, 6) is 0.772. The van der Waals surface area contributed by atoms with E-state index in [1.54, 1.807) is 18.5 Å². The summed E-state index contributed by atoms with van der Waals surface area (Å²) < 4.78 is 0.890. The van der Waals surface area contributed by atoms with Gasteiger partial charge in [-0.2, -0.15) is 0 Å². The van der Waals surface area contributed by atoms with Gasteiger partial charge in [0, 0.05) is 48.1 Å². The largest absolute Gasteiger partial charge is 0.339 e. The van der Waals surface area contributed by atoms with Crippen molar-refractivity contribution in [2.24, 2.45) is 0 Å². The topological polar surface area (TPSA) is 41.0 Å². The highest BCUT2D eigenvalue weighted by molar-refractivity contribution is 9.10. The Morgan fingerprint density at radius 2 is 2.05 bits per heavy atom. The lowest BCUT2D eigenvalue weighted by molar-refractivity contribution is 0.551. The zero-order valence-corrected chi connectivity index (χ0v) is 14.9. The molecular weight excluding hydrogens is 387 g/mol. The molecular formula is C15H15BrCl2N4. The van der Waals surface area contributed by atoms with Gasteiger partial charge in [-0.3, -0.25) is 0 Å². The number of hydrogen-bond donors (Lipinski definition) is 1. The first-order valence-electron chi connectivity index (χ1n) is 7.01. The Morgan fingerprint density at radius 3 is 2.82 bits per heavy atom. The number of aromatic nitrogens is 2. The molecule has 1 aromatic heterocycles. The van der Waals surface area contributed by atoms with Crippen LogP contribution >= 0.6 is 39.1 Å². The second-order valence-corrected chi connectivity index (χ2v) is 7.01. The normalized spacial score (nSPS) is 18.0. The van der Waals surface area contributed by atoms with Crippen molar-refractivity contribution in [2.45, 2.75) is 19.0 Å². The highest BCUT2D eigenvalue weighted by atomic mass is 79.9. The smallest absolute Gasteiger partial charge is 0.225 e. The Hall–Kier alpha value is -0.880. The Balaban J connectivity index is 1.57. The van der Waals surface area contributed by atoms with Crippen molar-refractivity contribution in [3.05, 3.63) is 50.7 Å². The van der Waals surface area contributed by atoms with E-state index in [1.807, 2.05) is 12.1 Å². The molecule has 1 unspecified atom stereocenters. The van der Waals surface area contributed by atoms with Gasteiger partial charge in [0.2, 0.25) is 5.95 Å². The zero-order valence-electron chi connectivity index (χ0n) is 11.8. The maximum atomic E-state index is 6.19. The van der Waals surface area contributed by atoms with Crippen LogP contribution in [0.1, 0.15) is 12.0 Å². The molecule has 1 atom stereocenters. The molecule has 0 spiro atoms. The number of halogens is 3. The quantitative estimate of drug-likeness (QED) is 0.842. The van der Waals surface area contributed by atoms with Crippen LogP contribution in [0.5, 0.6) is 0 Å². The van der Waals surface area contributed by atoms with Crippen molar-refractivity contribution in [2.75, 3.05) is 18.0 Å². The van der Waals surface area contributed by atoms with Gasteiger partial charge in [0.1, 0.15) is 0 Å². The molecule has 0 radical (unpaired) electrons. The fourth-order valence-corrected chi connectivity index (χ4v) is 3.09. The Morgan fingerprint density at radius 1 is 1.27 bits per heavy atom. The van der Waals surface area contributed by atoms with E-state index in [4.69, 9.17) is 23.2 Å². The van der Waals surface area contributed by atoms with Gasteiger partial charge in [-0.1, -0.05) is 23.2 Å². The third-order valence-corrected chi connectivity index (χ3v) is 4.68. The van der Waals surface area contributed by atoms with Crippen LogP contribution in [0.3, 0.4) is 0 Å². The van der Waals surface area contributed by atoms with E-state index in [0.717, 1.165) is 40.5 Å². The second kappa shape index (κ2) is 7.13. The first-order chi connectivity index (χ1) is 10.6. The van der Waals surface area contributed by atoms with Crippen LogP contribution in [0.4, 0.5) is 5.95 Å². The minimum Gasteiger partial charge on any atom is -0.339 e. The van der Waals surface area contributed by atoms with Crippen molar-refractivity contribution in [1.82, 2.24) is 15.3 Å². The van der Waals surface area contributed by atoms with E-state index in [-0.39, 0.29) is 0 Å². The molecule has 116 valence electrons. The maximum absolute atomic E-state index is 6.19. The lowest BCUT2D eigenvalue weighted by Crippen LogP contribution is -2.32. The molecule has 4 nitrogen and oxygen atoms in total. The summed E-state index contributed by atoms with van der Waals surface area (Å²) in [4.78, 5) is 10.9. The fraction of sp³-hybridized carbons (Fsp3) is 0.333. The molecule has 0 saturated carbocycles. The summed E-state index contributed by atoms with van der Waals surface area (Å²) in [6.07, 6.45) is 4.60. The van der Waals surface area contributed by atoms with E-state index in [2.05, 4.69) is 36.1 Å². The molecule has 2 heterocycles. The minimum absolute atomic E-state index is 0.391. The summed E-state index contributed by atoms with van der Waals surface area (Å²) in [5, 5.41) is 4.97. The minimum atomic E-state index is 0.391. The van der Waals surface area contributed by atoms with Crippen molar-refractivity contribution < 1.29 is 0 Å². The first-order valence-corrected chi connectivity index (χ1v) is 8.56. The standard InChI is InChI=1S/C15H15BrCl2N4/c16-11-7-20-15(21-8-11)22-4-3-13(9-22)19-6-10-5-12(17)1-2-14(10)18/h1-2,5,7-8,13,19H,3-4,6,9H2. The summed E-state index contributed by atoms with van der Waals surface area (Å²) in [7, 11) is 0. The molecule has 1 aliphatic rings. The van der Waals surface area contributed by atoms with Gasteiger partial charge in [-0.05, 0) is 46.1 Å². The average Bonchev–Trinajstić information content (AvgIpc) is 2.98. The average molecular weight is 402 g/mol. The second-order valence-electron chi connectivity index (χ2n) is 5.25. The molecule has 0 amide bonds. The van der Waals surface area contributed by atoms with Crippen LogP contribution < -0.4 is 10.2 Å². The Kier molecular flexibility index (Phi) is 5.18. The summed E-state index contributed by atoms with van der Waals surface area (Å²) in [6.45, 7) is 2.54. The lowest BCUT2D eigenvalue weighted by Gasteiger charge is -2.17. The third-order valence-electron chi connectivity index (χ3n) is 3.67. The van der Waals surface area contributed by atoms with E-state index in [0.29, 0.717) is 17.6 Å². The van der Waals surface area contributed by atoms with E-state index in [9.17, 15) is 0 Å².